The zero-order valence-corrected chi connectivity index (χ0v) is 33.6. The third kappa shape index (κ3) is 5.96. The third-order valence-electron chi connectivity index (χ3n) is 12.4. The summed E-state index contributed by atoms with van der Waals surface area (Å²) in [5.41, 5.74) is 14.0. The van der Waals surface area contributed by atoms with E-state index in [1.54, 1.807) is 0 Å². The Morgan fingerprint density at radius 3 is 2.04 bits per heavy atom. The molecule has 280 valence electrons. The second kappa shape index (κ2) is 13.4. The van der Waals surface area contributed by atoms with Crippen LogP contribution < -0.4 is 14.7 Å². The van der Waals surface area contributed by atoms with Gasteiger partial charge in [-0.25, -0.2) is 0 Å². The summed E-state index contributed by atoms with van der Waals surface area (Å²) in [4.78, 5) is 7.50. The molecule has 0 saturated carbocycles. The number of anilines is 5. The van der Waals surface area contributed by atoms with Gasteiger partial charge >= 0.3 is 0 Å². The minimum Gasteiger partial charge on any atom is -0.314 e. The van der Waals surface area contributed by atoms with Gasteiger partial charge in [0.05, 0.1) is 17.4 Å². The van der Waals surface area contributed by atoms with Gasteiger partial charge in [0.25, 0.3) is 0 Å². The predicted octanol–water partition coefficient (Wildman–Crippen LogP) is 14.5. The highest BCUT2D eigenvalue weighted by Crippen LogP contribution is 2.51. The van der Waals surface area contributed by atoms with Gasteiger partial charge in [0, 0.05) is 61.6 Å². The van der Waals surface area contributed by atoms with Crippen molar-refractivity contribution in [2.24, 2.45) is 5.92 Å². The standard InChI is InChI=1S/C53H48N4/c1-34-12-20-41(21-13-34)56-45-10-6-8-43(30-45)55(40-24-16-36(33-54)17-25-40)44-9-7-11-46(31-44)57(42-22-14-35(2)15-23-42)50-32-49(56)47-26-18-37-28-39(53(3,4)5)29-38-19-27-48(50)52(47)51(37)38/h6,8-10,12-14,16,18-24,26-32,35H,7,11,15,17,25H2,1-5H3. The summed E-state index contributed by atoms with van der Waals surface area (Å²) in [7, 11) is 0. The van der Waals surface area contributed by atoms with Gasteiger partial charge in [0.15, 0.2) is 0 Å². The van der Waals surface area contributed by atoms with Crippen molar-refractivity contribution in [3.05, 3.63) is 173 Å². The number of rotatable bonds is 3. The van der Waals surface area contributed by atoms with Gasteiger partial charge in [0.2, 0.25) is 0 Å². The number of fused-ring (bicyclic) bond motifs is 7. The van der Waals surface area contributed by atoms with Crippen molar-refractivity contribution in [3.63, 3.8) is 0 Å². The molecule has 57 heavy (non-hydrogen) atoms. The Kier molecular flexibility index (Phi) is 8.27. The molecule has 4 aliphatic rings. The van der Waals surface area contributed by atoms with Crippen molar-refractivity contribution in [3.8, 4) is 6.07 Å². The van der Waals surface area contributed by atoms with Crippen molar-refractivity contribution < 1.29 is 0 Å². The first kappa shape index (κ1) is 35.1. The third-order valence-corrected chi connectivity index (χ3v) is 12.4. The Bertz CT molecular complexity index is 2830. The second-order valence-corrected chi connectivity index (χ2v) is 17.4. The molecular weight excluding hydrogens is 693 g/mol. The molecule has 3 aliphatic carbocycles. The van der Waals surface area contributed by atoms with Crippen LogP contribution in [0.3, 0.4) is 0 Å². The molecule has 0 amide bonds. The van der Waals surface area contributed by atoms with E-state index in [2.05, 4.69) is 183 Å². The van der Waals surface area contributed by atoms with Crippen molar-refractivity contribution >= 4 is 60.8 Å². The van der Waals surface area contributed by atoms with Gasteiger partial charge in [0.1, 0.15) is 0 Å². The van der Waals surface area contributed by atoms with E-state index in [9.17, 15) is 5.26 Å². The van der Waals surface area contributed by atoms with E-state index in [-0.39, 0.29) is 5.41 Å². The lowest BCUT2D eigenvalue weighted by atomic mass is 9.83. The van der Waals surface area contributed by atoms with Gasteiger partial charge in [-0.3, -0.25) is 0 Å². The van der Waals surface area contributed by atoms with E-state index < -0.39 is 0 Å². The highest BCUT2D eigenvalue weighted by molar-refractivity contribution is 6.28. The van der Waals surface area contributed by atoms with Crippen LogP contribution in [0.25, 0.3) is 32.3 Å². The molecule has 1 aliphatic heterocycles. The van der Waals surface area contributed by atoms with E-state index in [4.69, 9.17) is 0 Å². The lowest BCUT2D eigenvalue weighted by Crippen LogP contribution is -2.28. The van der Waals surface area contributed by atoms with Crippen LogP contribution in [-0.4, -0.2) is 0 Å². The minimum absolute atomic E-state index is 0.0318. The fraction of sp³-hybridized carbons (Fsp3) is 0.226. The van der Waals surface area contributed by atoms with Crippen LogP contribution in [0.4, 0.5) is 28.4 Å². The smallest absolute Gasteiger partial charge is 0.0947 e. The SMILES string of the molecule is Cc1ccc(N2c3cccc(c3)N(C3=CC=C(C#N)CC3)C3=CCCC(=C3)N(C3=CCC(C)C=C3)c3cc2c2ccc4cc(C(C)(C)C)cc5ccc3c2c54)cc1. The van der Waals surface area contributed by atoms with E-state index in [1.165, 1.54) is 71.9 Å². The summed E-state index contributed by atoms with van der Waals surface area (Å²) in [5, 5.41) is 17.5. The highest BCUT2D eigenvalue weighted by Gasteiger charge is 2.30. The van der Waals surface area contributed by atoms with E-state index in [1.807, 2.05) is 6.08 Å². The number of hydrogen-bond donors (Lipinski definition) is 0. The first-order valence-corrected chi connectivity index (χ1v) is 20.6. The number of benzene rings is 6. The largest absolute Gasteiger partial charge is 0.314 e. The Morgan fingerprint density at radius 1 is 0.667 bits per heavy atom. The summed E-state index contributed by atoms with van der Waals surface area (Å²) in [5.74, 6) is 0.494. The van der Waals surface area contributed by atoms with Crippen LogP contribution in [0, 0.1) is 24.2 Å². The lowest BCUT2D eigenvalue weighted by Gasteiger charge is -2.38. The molecule has 1 heterocycles. The maximum absolute atomic E-state index is 9.75. The first-order valence-electron chi connectivity index (χ1n) is 20.6. The fourth-order valence-electron chi connectivity index (χ4n) is 9.30. The number of hydrogen-bond acceptors (Lipinski definition) is 4. The van der Waals surface area contributed by atoms with Crippen molar-refractivity contribution in [2.45, 2.75) is 72.1 Å². The summed E-state index contributed by atoms with van der Waals surface area (Å²) < 4.78 is 0. The number of allylic oxidation sites excluding steroid dienone is 10. The number of nitriles is 1. The van der Waals surface area contributed by atoms with Gasteiger partial charge in [-0.2, -0.15) is 5.26 Å². The van der Waals surface area contributed by atoms with Crippen molar-refractivity contribution in [1.82, 2.24) is 0 Å². The van der Waals surface area contributed by atoms with Gasteiger partial charge in [-0.15, -0.1) is 0 Å². The Labute approximate surface area is 336 Å². The average Bonchev–Trinajstić information content (AvgIpc) is 3.22. The Balaban J connectivity index is 1.35. The molecule has 6 aromatic rings. The normalized spacial score (nSPS) is 18.4. The monoisotopic (exact) mass is 740 g/mol. The van der Waals surface area contributed by atoms with E-state index in [0.29, 0.717) is 5.92 Å². The Morgan fingerprint density at radius 2 is 1.39 bits per heavy atom. The predicted molar refractivity (Wildman–Crippen MR) is 241 cm³/mol. The van der Waals surface area contributed by atoms with Crippen LogP contribution >= 0.6 is 0 Å². The molecule has 10 rings (SSSR count). The van der Waals surface area contributed by atoms with Crippen LogP contribution in [0.1, 0.15) is 70.9 Å². The number of nitrogens with zero attached hydrogens (tertiary/aromatic N) is 4. The molecule has 0 aromatic heterocycles. The molecule has 0 saturated heterocycles. The fourth-order valence-corrected chi connectivity index (χ4v) is 9.30. The first-order chi connectivity index (χ1) is 27.6. The van der Waals surface area contributed by atoms with Crippen LogP contribution in [0.15, 0.2) is 162 Å². The van der Waals surface area contributed by atoms with Crippen molar-refractivity contribution in [2.75, 3.05) is 14.7 Å². The zero-order chi connectivity index (χ0) is 39.0. The topological polar surface area (TPSA) is 33.5 Å². The quantitative estimate of drug-likeness (QED) is 0.169. The van der Waals surface area contributed by atoms with Gasteiger partial charge in [-0.05, 0) is 133 Å². The lowest BCUT2D eigenvalue weighted by molar-refractivity contribution is 0.591. The summed E-state index contributed by atoms with van der Waals surface area (Å²) in [6, 6.07) is 37.2. The molecule has 0 radical (unpaired) electrons. The van der Waals surface area contributed by atoms with E-state index in [0.717, 1.165) is 60.4 Å². The molecule has 4 nitrogen and oxygen atoms in total. The van der Waals surface area contributed by atoms with Crippen LogP contribution in [0.5, 0.6) is 0 Å². The highest BCUT2D eigenvalue weighted by atomic mass is 15.2. The summed E-state index contributed by atoms with van der Waals surface area (Å²) >= 11 is 0. The number of aryl methyl sites for hydroxylation is 1. The molecule has 4 heteroatoms. The van der Waals surface area contributed by atoms with Crippen molar-refractivity contribution in [1.29, 1.82) is 5.26 Å². The van der Waals surface area contributed by atoms with Crippen LogP contribution in [-0.2, 0) is 5.41 Å². The minimum atomic E-state index is 0.0318. The second-order valence-electron chi connectivity index (χ2n) is 17.4. The molecule has 0 fully saturated rings. The molecule has 6 aromatic carbocycles. The molecular formula is C53H48N4. The van der Waals surface area contributed by atoms with Gasteiger partial charge in [-0.1, -0.05) is 106 Å². The maximum atomic E-state index is 9.75. The molecule has 6 bridgehead atoms. The molecule has 0 spiro atoms. The average molecular weight is 741 g/mol. The van der Waals surface area contributed by atoms with E-state index >= 15 is 0 Å². The molecule has 0 N–H and O–H groups in total. The van der Waals surface area contributed by atoms with Gasteiger partial charge < -0.3 is 14.7 Å². The summed E-state index contributed by atoms with van der Waals surface area (Å²) in [6.45, 7) is 11.4. The molecule has 1 atom stereocenters. The summed E-state index contributed by atoms with van der Waals surface area (Å²) in [6.07, 6.45) is 20.5. The Hall–Kier alpha value is -6.31. The zero-order valence-electron chi connectivity index (χ0n) is 33.6. The molecule has 1 unspecified atom stereocenters. The van der Waals surface area contributed by atoms with Crippen LogP contribution in [0.2, 0.25) is 0 Å². The maximum Gasteiger partial charge on any atom is 0.0947 e.